The molecule has 0 atom stereocenters. The fourth-order valence-electron chi connectivity index (χ4n) is 1.89. The standard InChI is InChI=1S/C10H19OP/c11-12-10-8-6-4-2-1-3-5-7-9-10/h10H,1-9H2. The third-order valence-corrected chi connectivity index (χ3v) is 3.54. The number of hydrogen-bond donors (Lipinski definition) is 0. The molecule has 1 nitrogen and oxygen atoms in total. The van der Waals surface area contributed by atoms with Gasteiger partial charge in [0.15, 0.2) is 8.46 Å². The van der Waals surface area contributed by atoms with Crippen LogP contribution in [0.3, 0.4) is 0 Å². The fraction of sp³-hybridized carbons (Fsp3) is 1.00. The van der Waals surface area contributed by atoms with E-state index in [4.69, 9.17) is 0 Å². The van der Waals surface area contributed by atoms with E-state index in [9.17, 15) is 4.57 Å². The van der Waals surface area contributed by atoms with Crippen LogP contribution in [0.2, 0.25) is 0 Å². The normalized spacial score (nSPS) is 24.0. The van der Waals surface area contributed by atoms with Crippen LogP contribution in [0.5, 0.6) is 0 Å². The summed E-state index contributed by atoms with van der Waals surface area (Å²) < 4.78 is 10.7. The smallest absolute Gasteiger partial charge is 0.158 e. The van der Waals surface area contributed by atoms with Gasteiger partial charge in [-0.2, -0.15) is 0 Å². The van der Waals surface area contributed by atoms with Gasteiger partial charge in [0.2, 0.25) is 0 Å². The van der Waals surface area contributed by atoms with Gasteiger partial charge in [-0.05, 0) is 12.8 Å². The molecule has 1 aliphatic rings. The Kier molecular flexibility index (Phi) is 5.60. The number of rotatable bonds is 1. The average Bonchev–Trinajstić information content (AvgIpc) is 2.14. The van der Waals surface area contributed by atoms with E-state index in [1.165, 1.54) is 57.8 Å². The van der Waals surface area contributed by atoms with Crippen molar-refractivity contribution in [3.63, 3.8) is 0 Å². The summed E-state index contributed by atoms with van der Waals surface area (Å²) in [5.74, 6) is 0. The summed E-state index contributed by atoms with van der Waals surface area (Å²) in [5.41, 5.74) is 0.475. The molecule has 0 radical (unpaired) electrons. The van der Waals surface area contributed by atoms with Gasteiger partial charge in [0.1, 0.15) is 0 Å². The summed E-state index contributed by atoms with van der Waals surface area (Å²) in [6.07, 6.45) is 11.9. The van der Waals surface area contributed by atoms with Crippen molar-refractivity contribution < 1.29 is 4.57 Å². The van der Waals surface area contributed by atoms with E-state index < -0.39 is 0 Å². The lowest BCUT2D eigenvalue weighted by Gasteiger charge is -2.11. The second-order valence-corrected chi connectivity index (χ2v) is 4.75. The fourth-order valence-corrected chi connectivity index (χ4v) is 2.47. The molecule has 1 fully saturated rings. The van der Waals surface area contributed by atoms with E-state index in [2.05, 4.69) is 0 Å². The van der Waals surface area contributed by atoms with Crippen LogP contribution >= 0.6 is 8.46 Å². The summed E-state index contributed by atoms with van der Waals surface area (Å²) in [6.45, 7) is 0. The highest BCUT2D eigenvalue weighted by atomic mass is 31.1. The summed E-state index contributed by atoms with van der Waals surface area (Å²) in [7, 11) is 0.389. The molecule has 0 aromatic carbocycles. The summed E-state index contributed by atoms with van der Waals surface area (Å²) in [5, 5.41) is 0. The first-order valence-electron chi connectivity index (χ1n) is 5.26. The molecular formula is C10H19OP. The quantitative estimate of drug-likeness (QED) is 0.561. The maximum absolute atomic E-state index is 10.7. The second kappa shape index (κ2) is 6.60. The van der Waals surface area contributed by atoms with Gasteiger partial charge >= 0.3 is 0 Å². The molecule has 0 aliphatic heterocycles. The van der Waals surface area contributed by atoms with E-state index in [0.29, 0.717) is 14.1 Å². The first-order valence-corrected chi connectivity index (χ1v) is 6.14. The van der Waals surface area contributed by atoms with Crippen molar-refractivity contribution in [1.29, 1.82) is 0 Å². The Morgan fingerprint density at radius 1 is 0.750 bits per heavy atom. The SMILES string of the molecule is O=PC1CCCCCCCCC1. The molecule has 1 saturated carbocycles. The minimum Gasteiger partial charge on any atom is -0.275 e. The molecule has 2 heteroatoms. The second-order valence-electron chi connectivity index (χ2n) is 3.81. The lowest BCUT2D eigenvalue weighted by atomic mass is 10.0. The van der Waals surface area contributed by atoms with Crippen molar-refractivity contribution in [2.45, 2.75) is 63.4 Å². The molecule has 70 valence electrons. The van der Waals surface area contributed by atoms with Gasteiger partial charge in [-0.15, -0.1) is 0 Å². The molecular weight excluding hydrogens is 167 g/mol. The van der Waals surface area contributed by atoms with Crippen LogP contribution in [-0.2, 0) is 4.57 Å². The van der Waals surface area contributed by atoms with E-state index >= 15 is 0 Å². The van der Waals surface area contributed by atoms with Crippen molar-refractivity contribution in [2.24, 2.45) is 0 Å². The van der Waals surface area contributed by atoms with Crippen molar-refractivity contribution >= 4 is 8.46 Å². The molecule has 12 heavy (non-hydrogen) atoms. The van der Waals surface area contributed by atoms with Gasteiger partial charge in [-0.25, -0.2) is 0 Å². The van der Waals surface area contributed by atoms with Crippen LogP contribution in [0.25, 0.3) is 0 Å². The zero-order valence-corrected chi connectivity index (χ0v) is 8.69. The summed E-state index contributed by atoms with van der Waals surface area (Å²) in [6, 6.07) is 0. The molecule has 0 bridgehead atoms. The third kappa shape index (κ3) is 4.21. The lowest BCUT2D eigenvalue weighted by molar-refractivity contribution is 0.500. The van der Waals surface area contributed by atoms with Crippen molar-refractivity contribution in [2.75, 3.05) is 0 Å². The van der Waals surface area contributed by atoms with Gasteiger partial charge in [0.25, 0.3) is 0 Å². The van der Waals surface area contributed by atoms with E-state index in [-0.39, 0.29) is 0 Å². The first-order chi connectivity index (χ1) is 5.93. The molecule has 1 rings (SSSR count). The van der Waals surface area contributed by atoms with Crippen LogP contribution in [0.1, 0.15) is 57.8 Å². The zero-order chi connectivity index (χ0) is 8.65. The average molecular weight is 186 g/mol. The Balaban J connectivity index is 2.21. The highest BCUT2D eigenvalue weighted by molar-refractivity contribution is 7.24. The van der Waals surface area contributed by atoms with Crippen molar-refractivity contribution in [1.82, 2.24) is 0 Å². The first kappa shape index (κ1) is 10.2. The molecule has 0 amide bonds. The largest absolute Gasteiger partial charge is 0.275 e. The van der Waals surface area contributed by atoms with Crippen LogP contribution in [0, 0.1) is 0 Å². The van der Waals surface area contributed by atoms with E-state index in [1.54, 1.807) is 0 Å². The Labute approximate surface area is 77.1 Å². The van der Waals surface area contributed by atoms with E-state index in [0.717, 1.165) is 0 Å². The Morgan fingerprint density at radius 3 is 1.58 bits per heavy atom. The van der Waals surface area contributed by atoms with Crippen molar-refractivity contribution in [3.8, 4) is 0 Å². The summed E-state index contributed by atoms with van der Waals surface area (Å²) >= 11 is 0. The molecule has 1 aliphatic carbocycles. The Bertz CT molecular complexity index is 115. The predicted octanol–water partition coefficient (Wildman–Crippen LogP) is 4.17. The monoisotopic (exact) mass is 186 g/mol. The molecule has 0 unspecified atom stereocenters. The molecule has 0 aromatic heterocycles. The molecule has 0 spiro atoms. The van der Waals surface area contributed by atoms with Crippen LogP contribution in [0.15, 0.2) is 0 Å². The highest BCUT2D eigenvalue weighted by Crippen LogP contribution is 2.23. The van der Waals surface area contributed by atoms with Gasteiger partial charge in [0, 0.05) is 5.66 Å². The predicted molar refractivity (Wildman–Crippen MR) is 52.9 cm³/mol. The van der Waals surface area contributed by atoms with E-state index in [1.807, 2.05) is 0 Å². The molecule has 0 saturated heterocycles. The maximum Gasteiger partial charge on any atom is 0.158 e. The summed E-state index contributed by atoms with van der Waals surface area (Å²) in [4.78, 5) is 0. The Morgan fingerprint density at radius 2 is 1.17 bits per heavy atom. The minimum atomic E-state index is 0.389. The van der Waals surface area contributed by atoms with Crippen LogP contribution in [0.4, 0.5) is 0 Å². The molecule has 0 N–H and O–H groups in total. The highest BCUT2D eigenvalue weighted by Gasteiger charge is 2.08. The van der Waals surface area contributed by atoms with Gasteiger partial charge < -0.3 is 0 Å². The van der Waals surface area contributed by atoms with Gasteiger partial charge in [-0.1, -0.05) is 44.9 Å². The Hall–Kier alpha value is 0.100. The van der Waals surface area contributed by atoms with Crippen molar-refractivity contribution in [3.05, 3.63) is 0 Å². The maximum atomic E-state index is 10.7. The van der Waals surface area contributed by atoms with Gasteiger partial charge in [0.05, 0.1) is 0 Å². The van der Waals surface area contributed by atoms with Crippen LogP contribution < -0.4 is 0 Å². The lowest BCUT2D eigenvalue weighted by Crippen LogP contribution is -2.00. The van der Waals surface area contributed by atoms with Gasteiger partial charge in [-0.3, -0.25) is 4.57 Å². The number of hydrogen-bond acceptors (Lipinski definition) is 1. The topological polar surface area (TPSA) is 17.1 Å². The molecule has 0 aromatic rings. The molecule has 0 heterocycles. The minimum absolute atomic E-state index is 0.389. The third-order valence-electron chi connectivity index (χ3n) is 2.72. The zero-order valence-electron chi connectivity index (χ0n) is 7.80. The van der Waals surface area contributed by atoms with Crippen LogP contribution in [-0.4, -0.2) is 5.66 Å².